The summed E-state index contributed by atoms with van der Waals surface area (Å²) >= 11 is 0. The second-order valence-electron chi connectivity index (χ2n) is 3.39. The molecule has 0 atom stereocenters. The quantitative estimate of drug-likeness (QED) is 0.696. The fourth-order valence-electron chi connectivity index (χ4n) is 1.76. The lowest BCUT2D eigenvalue weighted by molar-refractivity contribution is -0.107. The number of nitrogens with zero attached hydrogens (tertiary/aromatic N) is 1. The summed E-state index contributed by atoms with van der Waals surface area (Å²) in [6.07, 6.45) is 0.877. The van der Waals surface area contributed by atoms with E-state index in [9.17, 15) is 4.79 Å². The first kappa shape index (κ1) is 9.71. The molecule has 0 saturated heterocycles. The maximum Gasteiger partial charge on any atom is 0.214 e. The highest BCUT2D eigenvalue weighted by atomic mass is 16.1. The van der Waals surface area contributed by atoms with Gasteiger partial charge in [-0.2, -0.15) is 0 Å². The molecule has 1 amide bonds. The van der Waals surface area contributed by atoms with E-state index in [-0.39, 0.29) is 0 Å². The van der Waals surface area contributed by atoms with Gasteiger partial charge in [0.25, 0.3) is 0 Å². The molecule has 0 radical (unpaired) electrons. The molecule has 2 rings (SSSR count). The van der Waals surface area contributed by atoms with Crippen LogP contribution < -0.4 is 4.90 Å². The molecule has 0 aliphatic rings. The number of benzene rings is 2. The minimum atomic E-state index is 0.692. The van der Waals surface area contributed by atoms with Gasteiger partial charge < -0.3 is 4.90 Å². The molecule has 0 fully saturated rings. The van der Waals surface area contributed by atoms with Crippen molar-refractivity contribution >= 4 is 22.9 Å². The average Bonchev–Trinajstić information content (AvgIpc) is 2.31. The first-order valence-corrected chi connectivity index (χ1v) is 5.06. The van der Waals surface area contributed by atoms with E-state index in [4.69, 9.17) is 0 Å². The number of carbonyl (C=O) groups is 1. The third-order valence-electron chi connectivity index (χ3n) is 2.54. The Morgan fingerprint density at radius 3 is 2.60 bits per heavy atom. The minimum Gasteiger partial charge on any atom is -0.315 e. The van der Waals surface area contributed by atoms with Crippen LogP contribution >= 0.6 is 0 Å². The second-order valence-corrected chi connectivity index (χ2v) is 3.39. The molecule has 0 aromatic heterocycles. The Morgan fingerprint density at radius 1 is 1.13 bits per heavy atom. The molecule has 2 nitrogen and oxygen atoms in total. The van der Waals surface area contributed by atoms with E-state index in [1.165, 1.54) is 0 Å². The lowest BCUT2D eigenvalue weighted by Crippen LogP contribution is -2.20. The smallest absolute Gasteiger partial charge is 0.214 e. The van der Waals surface area contributed by atoms with Crippen molar-refractivity contribution in [3.05, 3.63) is 42.5 Å². The number of amides is 1. The van der Waals surface area contributed by atoms with Crippen LogP contribution in [0.4, 0.5) is 5.69 Å². The predicted octanol–water partition coefficient (Wildman–Crippen LogP) is 2.82. The van der Waals surface area contributed by atoms with E-state index < -0.39 is 0 Å². The summed E-state index contributed by atoms with van der Waals surface area (Å²) < 4.78 is 0. The molecule has 0 saturated carbocycles. The summed E-state index contributed by atoms with van der Waals surface area (Å²) in [5, 5.41) is 2.28. The van der Waals surface area contributed by atoms with Crippen molar-refractivity contribution in [2.45, 2.75) is 6.92 Å². The van der Waals surface area contributed by atoms with Gasteiger partial charge in [0, 0.05) is 11.9 Å². The number of hydrogen-bond acceptors (Lipinski definition) is 1. The summed E-state index contributed by atoms with van der Waals surface area (Å²) in [4.78, 5) is 12.6. The molecule has 0 N–H and O–H groups in total. The highest BCUT2D eigenvalue weighted by molar-refractivity contribution is 5.98. The van der Waals surface area contributed by atoms with Gasteiger partial charge in [0.05, 0.1) is 5.69 Å². The van der Waals surface area contributed by atoms with Crippen molar-refractivity contribution in [3.63, 3.8) is 0 Å². The SMILES string of the molecule is CCN(C=O)c1cccc2ccccc12. The fourth-order valence-corrected chi connectivity index (χ4v) is 1.76. The molecule has 76 valence electrons. The maximum absolute atomic E-state index is 10.9. The van der Waals surface area contributed by atoms with Gasteiger partial charge in [-0.15, -0.1) is 0 Å². The van der Waals surface area contributed by atoms with Crippen molar-refractivity contribution in [3.8, 4) is 0 Å². The molecule has 15 heavy (non-hydrogen) atoms. The fraction of sp³-hybridized carbons (Fsp3) is 0.154. The van der Waals surface area contributed by atoms with Crippen LogP contribution in [0.3, 0.4) is 0 Å². The standard InChI is InChI=1S/C13H13NO/c1-2-14(10-15)13-9-5-7-11-6-3-4-8-12(11)13/h3-10H,2H2,1H3. The maximum atomic E-state index is 10.9. The van der Waals surface area contributed by atoms with Crippen LogP contribution in [0.1, 0.15) is 6.92 Å². The first-order valence-electron chi connectivity index (χ1n) is 5.06. The summed E-state index contributed by atoms with van der Waals surface area (Å²) in [6, 6.07) is 14.1. The zero-order valence-electron chi connectivity index (χ0n) is 8.68. The second kappa shape index (κ2) is 4.13. The van der Waals surface area contributed by atoms with Gasteiger partial charge in [-0.1, -0.05) is 36.4 Å². The normalized spacial score (nSPS) is 10.2. The van der Waals surface area contributed by atoms with Crippen molar-refractivity contribution in [2.75, 3.05) is 11.4 Å². The Hall–Kier alpha value is -1.83. The Morgan fingerprint density at radius 2 is 1.87 bits per heavy atom. The number of fused-ring (bicyclic) bond motifs is 1. The molecule has 2 aromatic rings. The average molecular weight is 199 g/mol. The predicted molar refractivity (Wildman–Crippen MR) is 63.0 cm³/mol. The molecular formula is C13H13NO. The largest absolute Gasteiger partial charge is 0.315 e. The Kier molecular flexibility index (Phi) is 2.68. The molecule has 2 heteroatoms. The highest BCUT2D eigenvalue weighted by Crippen LogP contribution is 2.25. The van der Waals surface area contributed by atoms with Crippen LogP contribution in [-0.2, 0) is 4.79 Å². The molecule has 0 bridgehead atoms. The zero-order valence-corrected chi connectivity index (χ0v) is 8.68. The topological polar surface area (TPSA) is 20.3 Å². The monoisotopic (exact) mass is 199 g/mol. The van der Waals surface area contributed by atoms with Gasteiger partial charge in [0.2, 0.25) is 6.41 Å². The van der Waals surface area contributed by atoms with Crippen LogP contribution in [0.5, 0.6) is 0 Å². The van der Waals surface area contributed by atoms with Crippen LogP contribution in [0.2, 0.25) is 0 Å². The Labute approximate surface area is 89.1 Å². The van der Waals surface area contributed by atoms with Crippen LogP contribution in [0.25, 0.3) is 10.8 Å². The Balaban J connectivity index is 2.64. The van der Waals surface area contributed by atoms with Crippen molar-refractivity contribution in [1.82, 2.24) is 0 Å². The van der Waals surface area contributed by atoms with Crippen molar-refractivity contribution in [1.29, 1.82) is 0 Å². The molecule has 2 aromatic carbocycles. The third-order valence-corrected chi connectivity index (χ3v) is 2.54. The molecule has 0 heterocycles. The van der Waals surface area contributed by atoms with E-state index in [0.29, 0.717) is 6.54 Å². The molecule has 0 unspecified atom stereocenters. The molecule has 0 aliphatic heterocycles. The molecule has 0 spiro atoms. The number of anilines is 1. The third kappa shape index (κ3) is 1.71. The van der Waals surface area contributed by atoms with E-state index in [0.717, 1.165) is 22.9 Å². The number of carbonyl (C=O) groups excluding carboxylic acids is 1. The zero-order chi connectivity index (χ0) is 10.7. The van der Waals surface area contributed by atoms with Crippen LogP contribution in [-0.4, -0.2) is 13.0 Å². The first-order chi connectivity index (χ1) is 7.36. The van der Waals surface area contributed by atoms with Gasteiger partial charge in [0.1, 0.15) is 0 Å². The minimum absolute atomic E-state index is 0.692. The van der Waals surface area contributed by atoms with E-state index in [1.807, 2.05) is 37.3 Å². The lowest BCUT2D eigenvalue weighted by atomic mass is 10.1. The van der Waals surface area contributed by atoms with Crippen LogP contribution in [0.15, 0.2) is 42.5 Å². The molecular weight excluding hydrogens is 186 g/mol. The summed E-state index contributed by atoms with van der Waals surface area (Å²) in [5.41, 5.74) is 0.977. The highest BCUT2D eigenvalue weighted by Gasteiger charge is 2.05. The lowest BCUT2D eigenvalue weighted by Gasteiger charge is -2.17. The van der Waals surface area contributed by atoms with Gasteiger partial charge >= 0.3 is 0 Å². The molecule has 0 aliphatic carbocycles. The Bertz CT molecular complexity index is 473. The van der Waals surface area contributed by atoms with Gasteiger partial charge in [-0.3, -0.25) is 4.79 Å². The summed E-state index contributed by atoms with van der Waals surface area (Å²) in [7, 11) is 0. The van der Waals surface area contributed by atoms with E-state index in [1.54, 1.807) is 4.90 Å². The van der Waals surface area contributed by atoms with Gasteiger partial charge in [0.15, 0.2) is 0 Å². The van der Waals surface area contributed by atoms with Gasteiger partial charge in [-0.25, -0.2) is 0 Å². The summed E-state index contributed by atoms with van der Waals surface area (Å²) in [6.45, 7) is 2.66. The van der Waals surface area contributed by atoms with E-state index in [2.05, 4.69) is 12.1 Å². The van der Waals surface area contributed by atoms with E-state index >= 15 is 0 Å². The van der Waals surface area contributed by atoms with Crippen molar-refractivity contribution < 1.29 is 4.79 Å². The summed E-state index contributed by atoms with van der Waals surface area (Å²) in [5.74, 6) is 0. The van der Waals surface area contributed by atoms with Gasteiger partial charge in [-0.05, 0) is 18.4 Å². The van der Waals surface area contributed by atoms with Crippen molar-refractivity contribution in [2.24, 2.45) is 0 Å². The number of rotatable bonds is 3. The van der Waals surface area contributed by atoms with Crippen LogP contribution in [0, 0.1) is 0 Å². The number of hydrogen-bond donors (Lipinski definition) is 0.